The Kier molecular flexibility index (Phi) is 6.24. The minimum atomic E-state index is -4.03. The Morgan fingerprint density at radius 2 is 1.58 bits per heavy atom. The first kappa shape index (κ1) is 20.6. The van der Waals surface area contributed by atoms with E-state index in [4.69, 9.17) is 0 Å². The van der Waals surface area contributed by atoms with Gasteiger partial charge in [0.25, 0.3) is 0 Å². The highest BCUT2D eigenvalue weighted by atomic mass is 79.9. The maximum Gasteiger partial charge on any atom is 0.244 e. The quantitative estimate of drug-likeness (QED) is 0.555. The summed E-state index contributed by atoms with van der Waals surface area (Å²) in [6.45, 7) is -0.266. The van der Waals surface area contributed by atoms with Crippen LogP contribution in [0.3, 0.4) is 0 Å². The molecule has 0 aliphatic rings. The van der Waals surface area contributed by atoms with Crippen LogP contribution in [0.25, 0.3) is 0 Å². The van der Waals surface area contributed by atoms with Crippen LogP contribution in [0.2, 0.25) is 0 Å². The Labute approximate surface area is 160 Å². The van der Waals surface area contributed by atoms with Crippen molar-refractivity contribution >= 4 is 47.6 Å². The molecule has 0 saturated carbocycles. The standard InChI is InChI=1S/C14H17BrN4O5S2/c1-16-25(21,22)12-7-19(8-13(12)26(23,24)17-2)9-14(20)18-11-5-3-4-10(15)6-11/h3-8,16-17H,9H2,1-2H3,(H,18,20). The average Bonchev–Trinajstić information content (AvgIpc) is 3.00. The van der Waals surface area contributed by atoms with Gasteiger partial charge in [-0.05, 0) is 32.3 Å². The molecule has 3 N–H and O–H groups in total. The van der Waals surface area contributed by atoms with Crippen LogP contribution in [-0.4, -0.2) is 41.4 Å². The van der Waals surface area contributed by atoms with Gasteiger partial charge in [0.15, 0.2) is 0 Å². The van der Waals surface area contributed by atoms with E-state index in [0.29, 0.717) is 5.69 Å². The maximum atomic E-state index is 12.2. The van der Waals surface area contributed by atoms with Crippen molar-refractivity contribution in [2.24, 2.45) is 0 Å². The number of amides is 1. The zero-order valence-corrected chi connectivity index (χ0v) is 17.1. The van der Waals surface area contributed by atoms with Gasteiger partial charge in [-0.1, -0.05) is 22.0 Å². The molecule has 0 aliphatic heterocycles. The summed E-state index contributed by atoms with van der Waals surface area (Å²) in [5.74, 6) is -0.445. The second-order valence-electron chi connectivity index (χ2n) is 5.13. The van der Waals surface area contributed by atoms with E-state index in [-0.39, 0.29) is 6.54 Å². The van der Waals surface area contributed by atoms with Crippen LogP contribution < -0.4 is 14.8 Å². The van der Waals surface area contributed by atoms with Crippen molar-refractivity contribution in [1.29, 1.82) is 0 Å². The van der Waals surface area contributed by atoms with Gasteiger partial charge in [0, 0.05) is 22.6 Å². The molecule has 0 radical (unpaired) electrons. The van der Waals surface area contributed by atoms with Crippen LogP contribution in [0.15, 0.2) is 50.9 Å². The lowest BCUT2D eigenvalue weighted by molar-refractivity contribution is -0.116. The van der Waals surface area contributed by atoms with Gasteiger partial charge in [0.2, 0.25) is 26.0 Å². The molecule has 0 bridgehead atoms. The van der Waals surface area contributed by atoms with E-state index in [1.54, 1.807) is 24.3 Å². The monoisotopic (exact) mass is 464 g/mol. The number of aromatic nitrogens is 1. The Morgan fingerprint density at radius 3 is 2.04 bits per heavy atom. The van der Waals surface area contributed by atoms with Crippen LogP contribution >= 0.6 is 15.9 Å². The van der Waals surface area contributed by atoms with Gasteiger partial charge in [0.1, 0.15) is 16.3 Å². The fourth-order valence-electron chi connectivity index (χ4n) is 2.11. The first-order valence-electron chi connectivity index (χ1n) is 7.21. The number of hydrogen-bond acceptors (Lipinski definition) is 5. The van der Waals surface area contributed by atoms with Gasteiger partial charge >= 0.3 is 0 Å². The third kappa shape index (κ3) is 4.71. The Morgan fingerprint density at radius 1 is 1.04 bits per heavy atom. The van der Waals surface area contributed by atoms with E-state index >= 15 is 0 Å². The number of halogens is 1. The molecule has 0 saturated heterocycles. The van der Waals surface area contributed by atoms with Crippen molar-refractivity contribution in [2.45, 2.75) is 16.3 Å². The molecule has 0 spiro atoms. The van der Waals surface area contributed by atoms with Gasteiger partial charge in [-0.2, -0.15) is 0 Å². The van der Waals surface area contributed by atoms with Crippen molar-refractivity contribution in [3.8, 4) is 0 Å². The summed E-state index contributed by atoms with van der Waals surface area (Å²) in [6.07, 6.45) is 2.19. The fraction of sp³-hybridized carbons (Fsp3) is 0.214. The normalized spacial score (nSPS) is 12.1. The van der Waals surface area contributed by atoms with E-state index in [9.17, 15) is 21.6 Å². The molecule has 2 aromatic rings. The zero-order chi connectivity index (χ0) is 19.5. The average molecular weight is 465 g/mol. The van der Waals surface area contributed by atoms with Crippen molar-refractivity contribution in [1.82, 2.24) is 14.0 Å². The van der Waals surface area contributed by atoms with Gasteiger partial charge in [0.05, 0.1) is 0 Å². The number of benzene rings is 1. The summed E-state index contributed by atoms with van der Waals surface area (Å²) in [5.41, 5.74) is 0.544. The second kappa shape index (κ2) is 7.88. The predicted octanol–water partition coefficient (Wildman–Crippen LogP) is 0.705. The molecule has 9 nitrogen and oxygen atoms in total. The molecule has 0 fully saturated rings. The highest BCUT2D eigenvalue weighted by Gasteiger charge is 2.27. The molecular formula is C14H17BrN4O5S2. The van der Waals surface area contributed by atoms with E-state index in [0.717, 1.165) is 16.9 Å². The second-order valence-corrected chi connectivity index (χ2v) is 9.76. The topological polar surface area (TPSA) is 126 Å². The van der Waals surface area contributed by atoms with E-state index in [1.807, 2.05) is 0 Å². The number of hydrogen-bond donors (Lipinski definition) is 3. The van der Waals surface area contributed by atoms with Crippen LogP contribution in [0.5, 0.6) is 0 Å². The number of nitrogens with zero attached hydrogens (tertiary/aromatic N) is 1. The minimum Gasteiger partial charge on any atom is -0.342 e. The molecule has 26 heavy (non-hydrogen) atoms. The van der Waals surface area contributed by atoms with Crippen LogP contribution in [0.4, 0.5) is 5.69 Å². The smallest absolute Gasteiger partial charge is 0.244 e. The Bertz CT molecular complexity index is 980. The number of carbonyl (C=O) groups excluding carboxylic acids is 1. The maximum absolute atomic E-state index is 12.2. The zero-order valence-electron chi connectivity index (χ0n) is 13.9. The van der Waals surface area contributed by atoms with Gasteiger partial charge < -0.3 is 9.88 Å². The minimum absolute atomic E-state index is 0.266. The molecule has 1 aromatic carbocycles. The fourth-order valence-corrected chi connectivity index (χ4v) is 4.79. The van der Waals surface area contributed by atoms with Gasteiger partial charge in [-0.3, -0.25) is 4.79 Å². The summed E-state index contributed by atoms with van der Waals surface area (Å²) >= 11 is 3.29. The molecule has 142 valence electrons. The molecule has 0 unspecified atom stereocenters. The van der Waals surface area contributed by atoms with Crippen molar-refractivity contribution < 1.29 is 21.6 Å². The van der Waals surface area contributed by atoms with Crippen LogP contribution in [0, 0.1) is 0 Å². The van der Waals surface area contributed by atoms with E-state index in [2.05, 4.69) is 30.7 Å². The summed E-state index contributed by atoms with van der Waals surface area (Å²) in [4.78, 5) is 11.3. The predicted molar refractivity (Wildman–Crippen MR) is 99.7 cm³/mol. The molecule has 1 aromatic heterocycles. The summed E-state index contributed by atoms with van der Waals surface area (Å²) in [6, 6.07) is 6.92. The van der Waals surface area contributed by atoms with Crippen molar-refractivity contribution in [3.05, 3.63) is 41.1 Å². The lowest BCUT2D eigenvalue weighted by Gasteiger charge is -2.06. The number of sulfonamides is 2. The van der Waals surface area contributed by atoms with Gasteiger partial charge in [-0.25, -0.2) is 26.3 Å². The molecular weight excluding hydrogens is 448 g/mol. The summed E-state index contributed by atoms with van der Waals surface area (Å²) < 4.78 is 54.5. The van der Waals surface area contributed by atoms with E-state index < -0.39 is 35.7 Å². The van der Waals surface area contributed by atoms with Crippen molar-refractivity contribution in [3.63, 3.8) is 0 Å². The number of anilines is 1. The van der Waals surface area contributed by atoms with Crippen LogP contribution in [0.1, 0.15) is 0 Å². The first-order valence-corrected chi connectivity index (χ1v) is 11.0. The third-order valence-corrected chi connectivity index (χ3v) is 6.87. The van der Waals surface area contributed by atoms with E-state index in [1.165, 1.54) is 18.7 Å². The molecule has 0 atom stereocenters. The largest absolute Gasteiger partial charge is 0.342 e. The Hall–Kier alpha value is -1.73. The molecule has 1 amide bonds. The molecule has 0 aliphatic carbocycles. The SMILES string of the molecule is CNS(=O)(=O)c1cn(CC(=O)Nc2cccc(Br)c2)cc1S(=O)(=O)NC. The van der Waals surface area contributed by atoms with Crippen molar-refractivity contribution in [2.75, 3.05) is 19.4 Å². The highest BCUT2D eigenvalue weighted by molar-refractivity contribution is 9.10. The Balaban J connectivity index is 2.33. The molecule has 2 rings (SSSR count). The molecule has 1 heterocycles. The highest BCUT2D eigenvalue weighted by Crippen LogP contribution is 2.22. The van der Waals surface area contributed by atoms with Crippen LogP contribution in [-0.2, 0) is 31.4 Å². The number of rotatable bonds is 7. The van der Waals surface area contributed by atoms with Gasteiger partial charge in [-0.15, -0.1) is 0 Å². The summed E-state index contributed by atoms with van der Waals surface area (Å²) in [5, 5.41) is 2.65. The number of carbonyl (C=O) groups is 1. The molecule has 12 heteroatoms. The first-order chi connectivity index (χ1) is 12.1. The summed E-state index contributed by atoms with van der Waals surface area (Å²) in [7, 11) is -5.72. The number of nitrogens with one attached hydrogen (secondary N) is 3. The lowest BCUT2D eigenvalue weighted by atomic mass is 10.3. The lowest BCUT2D eigenvalue weighted by Crippen LogP contribution is -2.24. The third-order valence-electron chi connectivity index (χ3n) is 3.36.